The van der Waals surface area contributed by atoms with Crippen LogP contribution in [0, 0.1) is 10.1 Å². The molecule has 0 amide bonds. The summed E-state index contributed by atoms with van der Waals surface area (Å²) in [7, 11) is 0. The van der Waals surface area contributed by atoms with E-state index in [-0.39, 0.29) is 12.3 Å². The number of anilines is 1. The van der Waals surface area contributed by atoms with Gasteiger partial charge in [-0.15, -0.1) is 5.10 Å². The van der Waals surface area contributed by atoms with Crippen LogP contribution < -0.4 is 10.1 Å². The summed E-state index contributed by atoms with van der Waals surface area (Å²) in [5, 5.41) is 18.8. The number of benzene rings is 1. The van der Waals surface area contributed by atoms with Gasteiger partial charge in [0.1, 0.15) is 23.1 Å². The van der Waals surface area contributed by atoms with Gasteiger partial charge in [-0.2, -0.15) is 0 Å². The molecule has 1 N–H and O–H groups in total. The number of hydrogen-bond donors (Lipinski definition) is 1. The van der Waals surface area contributed by atoms with Gasteiger partial charge in [0.05, 0.1) is 13.9 Å². The van der Waals surface area contributed by atoms with Crippen LogP contribution in [0.25, 0.3) is 0 Å². The molecule has 0 bridgehead atoms. The Morgan fingerprint density at radius 1 is 1.43 bits per heavy atom. The topological polar surface area (TPSA) is 90.2 Å². The number of nitrogens with zero attached hydrogens (tertiary/aromatic N) is 3. The third kappa shape index (κ3) is 3.89. The summed E-state index contributed by atoms with van der Waals surface area (Å²) in [6.07, 6.45) is 0. The number of nitro benzene ring substituents is 1. The largest absolute Gasteiger partial charge is 0.485 e. The Morgan fingerprint density at radius 3 is 2.67 bits per heavy atom. The second kappa shape index (κ2) is 7.14. The summed E-state index contributed by atoms with van der Waals surface area (Å²) in [6.45, 7) is 2.96. The van der Waals surface area contributed by atoms with Crippen molar-refractivity contribution in [2.45, 2.75) is 13.5 Å². The summed E-state index contributed by atoms with van der Waals surface area (Å²) < 4.78 is 10.5. The Hall–Kier alpha value is -1.26. The van der Waals surface area contributed by atoms with Crippen molar-refractivity contribution in [2.75, 3.05) is 11.9 Å². The second-order valence-corrected chi connectivity index (χ2v) is 6.33. The molecule has 0 aliphatic carbocycles. The zero-order chi connectivity index (χ0) is 15.4. The Kier molecular flexibility index (Phi) is 5.48. The third-order valence-corrected chi connectivity index (χ3v) is 4.34. The number of hydrogen-bond acceptors (Lipinski definition) is 7. The van der Waals surface area contributed by atoms with E-state index in [1.54, 1.807) is 0 Å². The molecule has 2 aromatic rings. The van der Waals surface area contributed by atoms with Crippen LogP contribution in [0.4, 0.5) is 10.7 Å². The van der Waals surface area contributed by atoms with Crippen molar-refractivity contribution in [2.24, 2.45) is 0 Å². The summed E-state index contributed by atoms with van der Waals surface area (Å²) in [4.78, 5) is 10.3. The van der Waals surface area contributed by atoms with Crippen molar-refractivity contribution in [3.05, 3.63) is 36.9 Å². The fraction of sp³-hybridized carbons (Fsp3) is 0.273. The van der Waals surface area contributed by atoms with Crippen molar-refractivity contribution in [1.29, 1.82) is 0 Å². The highest BCUT2D eigenvalue weighted by Crippen LogP contribution is 2.37. The maximum absolute atomic E-state index is 10.8. The second-order valence-electron chi connectivity index (χ2n) is 3.86. The van der Waals surface area contributed by atoms with Crippen molar-refractivity contribution < 1.29 is 9.66 Å². The molecular weight excluding hydrogens is 428 g/mol. The number of non-ortho nitro benzene ring substituents is 1. The predicted molar refractivity (Wildman–Crippen MR) is 86.9 cm³/mol. The van der Waals surface area contributed by atoms with Gasteiger partial charge in [-0.05, 0) is 38.8 Å². The number of rotatable bonds is 6. The van der Waals surface area contributed by atoms with Crippen molar-refractivity contribution in [1.82, 2.24) is 9.59 Å². The Morgan fingerprint density at radius 2 is 2.10 bits per heavy atom. The molecule has 21 heavy (non-hydrogen) atoms. The molecule has 0 aliphatic rings. The summed E-state index contributed by atoms with van der Waals surface area (Å²) in [5.41, 5.74) is 0.670. The van der Waals surface area contributed by atoms with E-state index in [9.17, 15) is 10.1 Å². The molecule has 1 heterocycles. The SMILES string of the molecule is CCNc1snnc1COc1c(Br)cc([N+](=O)[O-])cc1Br. The van der Waals surface area contributed by atoms with Gasteiger partial charge in [0, 0.05) is 30.2 Å². The molecule has 0 saturated carbocycles. The van der Waals surface area contributed by atoms with Gasteiger partial charge >= 0.3 is 0 Å². The first-order valence-corrected chi connectivity index (χ1v) is 8.20. The van der Waals surface area contributed by atoms with E-state index in [0.717, 1.165) is 11.5 Å². The molecule has 0 fully saturated rings. The lowest BCUT2D eigenvalue weighted by Crippen LogP contribution is -2.03. The maximum Gasteiger partial charge on any atom is 0.271 e. The van der Waals surface area contributed by atoms with Gasteiger partial charge in [-0.1, -0.05) is 4.49 Å². The number of halogens is 2. The maximum atomic E-state index is 10.8. The summed E-state index contributed by atoms with van der Waals surface area (Å²) >= 11 is 7.80. The van der Waals surface area contributed by atoms with Gasteiger partial charge in [0.2, 0.25) is 0 Å². The van der Waals surface area contributed by atoms with Gasteiger partial charge in [-0.25, -0.2) is 0 Å². The first-order chi connectivity index (χ1) is 10.0. The predicted octanol–water partition coefficient (Wildman–Crippen LogP) is 3.98. The molecule has 2 rings (SSSR count). The highest BCUT2D eigenvalue weighted by atomic mass is 79.9. The molecule has 1 aromatic heterocycles. The molecule has 7 nitrogen and oxygen atoms in total. The van der Waals surface area contributed by atoms with E-state index in [0.29, 0.717) is 20.4 Å². The zero-order valence-corrected chi connectivity index (χ0v) is 14.8. The van der Waals surface area contributed by atoms with Crippen LogP contribution in [0.5, 0.6) is 5.75 Å². The minimum absolute atomic E-state index is 0.0234. The molecule has 0 atom stereocenters. The Bertz CT molecular complexity index is 642. The van der Waals surface area contributed by atoms with Gasteiger partial charge in [-0.3, -0.25) is 10.1 Å². The quantitative estimate of drug-likeness (QED) is 0.542. The molecule has 0 radical (unpaired) electrons. The fourth-order valence-corrected chi connectivity index (χ4v) is 3.55. The molecule has 1 aromatic carbocycles. The third-order valence-electron chi connectivity index (χ3n) is 2.44. The van der Waals surface area contributed by atoms with Gasteiger partial charge in [0.15, 0.2) is 0 Å². The monoisotopic (exact) mass is 436 g/mol. The van der Waals surface area contributed by atoms with E-state index in [4.69, 9.17) is 4.74 Å². The Balaban J connectivity index is 2.16. The average molecular weight is 438 g/mol. The lowest BCUT2D eigenvalue weighted by Gasteiger charge is -2.10. The fourth-order valence-electron chi connectivity index (χ4n) is 1.53. The molecular formula is C11H10Br2N4O3S. The van der Waals surface area contributed by atoms with Crippen LogP contribution in [0.2, 0.25) is 0 Å². The van der Waals surface area contributed by atoms with Crippen molar-refractivity contribution >= 4 is 54.1 Å². The van der Waals surface area contributed by atoms with E-state index >= 15 is 0 Å². The molecule has 10 heteroatoms. The smallest absolute Gasteiger partial charge is 0.271 e. The molecule has 112 valence electrons. The highest BCUT2D eigenvalue weighted by Gasteiger charge is 2.16. The van der Waals surface area contributed by atoms with Crippen LogP contribution >= 0.6 is 43.4 Å². The summed E-state index contributed by atoms with van der Waals surface area (Å²) in [5.74, 6) is 0.482. The van der Waals surface area contributed by atoms with Crippen molar-refractivity contribution in [3.63, 3.8) is 0 Å². The standard InChI is InChI=1S/C11H10Br2N4O3S/c1-2-14-11-9(15-16-21-11)5-20-10-7(12)3-6(17(18)19)4-8(10)13/h3-4,14H,2,5H2,1H3. The number of ether oxygens (including phenoxy) is 1. The highest BCUT2D eigenvalue weighted by molar-refractivity contribution is 9.11. The molecule has 0 saturated heterocycles. The lowest BCUT2D eigenvalue weighted by molar-refractivity contribution is -0.385. The lowest BCUT2D eigenvalue weighted by atomic mass is 10.3. The van der Waals surface area contributed by atoms with Crippen LogP contribution in [0.15, 0.2) is 21.1 Å². The van der Waals surface area contributed by atoms with E-state index < -0.39 is 4.92 Å². The van der Waals surface area contributed by atoms with Crippen LogP contribution in [-0.4, -0.2) is 21.1 Å². The Labute approximate surface area is 141 Å². The molecule has 0 unspecified atom stereocenters. The number of nitro groups is 1. The molecule has 0 spiro atoms. The average Bonchev–Trinajstić information content (AvgIpc) is 2.85. The van der Waals surface area contributed by atoms with E-state index in [1.165, 1.54) is 23.7 Å². The van der Waals surface area contributed by atoms with Gasteiger partial charge in [0.25, 0.3) is 5.69 Å². The minimum Gasteiger partial charge on any atom is -0.485 e. The van der Waals surface area contributed by atoms with E-state index in [1.807, 2.05) is 6.92 Å². The first kappa shape index (κ1) is 16.1. The van der Waals surface area contributed by atoms with Crippen LogP contribution in [-0.2, 0) is 6.61 Å². The number of aromatic nitrogens is 2. The summed E-state index contributed by atoms with van der Waals surface area (Å²) in [6, 6.07) is 2.79. The van der Waals surface area contributed by atoms with Crippen LogP contribution in [0.1, 0.15) is 12.6 Å². The minimum atomic E-state index is -0.465. The normalized spacial score (nSPS) is 10.4. The van der Waals surface area contributed by atoms with E-state index in [2.05, 4.69) is 46.8 Å². The van der Waals surface area contributed by atoms with Crippen LogP contribution in [0.3, 0.4) is 0 Å². The molecule has 0 aliphatic heterocycles. The number of nitrogens with one attached hydrogen (secondary N) is 1. The van der Waals surface area contributed by atoms with Crippen molar-refractivity contribution in [3.8, 4) is 5.75 Å². The first-order valence-electron chi connectivity index (χ1n) is 5.84. The van der Waals surface area contributed by atoms with Gasteiger partial charge < -0.3 is 10.1 Å². The zero-order valence-electron chi connectivity index (χ0n) is 10.8.